The lowest BCUT2D eigenvalue weighted by Crippen LogP contribution is -2.23. The smallest absolute Gasteiger partial charge is 0.256 e. The summed E-state index contributed by atoms with van der Waals surface area (Å²) in [6, 6.07) is 5.75. The zero-order valence-electron chi connectivity index (χ0n) is 17.3. The van der Waals surface area contributed by atoms with Crippen molar-refractivity contribution < 1.29 is 8.91 Å². The average Bonchev–Trinajstić information content (AvgIpc) is 3.01. The van der Waals surface area contributed by atoms with E-state index < -0.39 is 12.9 Å². The van der Waals surface area contributed by atoms with E-state index in [2.05, 4.69) is 25.3 Å². The van der Waals surface area contributed by atoms with Crippen molar-refractivity contribution >= 4 is 23.1 Å². The van der Waals surface area contributed by atoms with Crippen LogP contribution in [0.2, 0.25) is 0 Å². The van der Waals surface area contributed by atoms with Crippen molar-refractivity contribution in [3.05, 3.63) is 48.0 Å². The van der Waals surface area contributed by atoms with Crippen molar-refractivity contribution in [1.82, 2.24) is 25.1 Å². The lowest BCUT2D eigenvalue weighted by Gasteiger charge is -2.29. The van der Waals surface area contributed by atoms with E-state index in [1.807, 2.05) is 43.8 Å². The largest absolute Gasteiger partial charge is 0.368 e. The second-order valence-electron chi connectivity index (χ2n) is 6.10. The van der Waals surface area contributed by atoms with Crippen LogP contribution in [0.15, 0.2) is 36.9 Å². The Morgan fingerprint density at radius 3 is 3.08 bits per heavy atom. The molecule has 1 aliphatic rings. The van der Waals surface area contributed by atoms with Crippen LogP contribution in [0.25, 0.3) is 11.3 Å². The fourth-order valence-electron chi connectivity index (χ4n) is 3.25. The van der Waals surface area contributed by atoms with Gasteiger partial charge in [0.1, 0.15) is 17.7 Å². The maximum Gasteiger partial charge on any atom is 0.256 e. The Bertz CT molecular complexity index is 1090. The van der Waals surface area contributed by atoms with Gasteiger partial charge in [-0.2, -0.15) is 5.10 Å². The molecule has 0 unspecified atom stereocenters. The molecule has 2 N–H and O–H groups in total. The number of anilines is 3. The Labute approximate surface area is 155 Å². The van der Waals surface area contributed by atoms with Gasteiger partial charge in [-0.1, -0.05) is 12.1 Å². The fraction of sp³-hybridized carbons (Fsp3) is 0.222. The number of aromatic nitrogens is 4. The Balaban J connectivity index is 1.74. The minimum Gasteiger partial charge on any atom is -0.368 e. The molecule has 0 spiro atoms. The van der Waals surface area contributed by atoms with E-state index in [1.165, 1.54) is 12.5 Å². The lowest BCUT2D eigenvalue weighted by molar-refractivity contribution is 0.0963. The molecule has 132 valence electrons. The molecule has 4 rings (SSSR count). The van der Waals surface area contributed by atoms with Gasteiger partial charge in [-0.25, -0.2) is 9.97 Å². The van der Waals surface area contributed by atoms with Gasteiger partial charge in [-0.3, -0.25) is 9.48 Å². The lowest BCUT2D eigenvalue weighted by atomic mass is 9.99. The summed E-state index contributed by atoms with van der Waals surface area (Å²) in [5, 5.41) is 9.70. The molecule has 1 amide bonds. The molecule has 8 heteroatoms. The summed E-state index contributed by atoms with van der Waals surface area (Å²) < 4.78 is 23.5. The second kappa shape index (κ2) is 6.14. The van der Waals surface area contributed by atoms with Crippen LogP contribution in [0.4, 0.5) is 17.2 Å². The Morgan fingerprint density at radius 1 is 1.35 bits per heavy atom. The molecule has 0 saturated carbocycles. The number of carbonyl (C=O) groups excluding carboxylic acids is 1. The van der Waals surface area contributed by atoms with E-state index in [-0.39, 0.29) is 11.4 Å². The van der Waals surface area contributed by atoms with Gasteiger partial charge in [0, 0.05) is 55.2 Å². The molecule has 0 fully saturated rings. The van der Waals surface area contributed by atoms with Crippen molar-refractivity contribution in [3.8, 4) is 11.3 Å². The molecule has 8 nitrogen and oxygen atoms in total. The number of hydrogen-bond donors (Lipinski definition) is 2. The molecule has 0 saturated heterocycles. The van der Waals surface area contributed by atoms with Gasteiger partial charge >= 0.3 is 0 Å². The summed E-state index contributed by atoms with van der Waals surface area (Å²) in [4.78, 5) is 22.5. The SMILES string of the molecule is [2H]C([2H])([2H])NC(=O)c1cncnc1Nc1cccc2c1N(C)Cc1cn(C)nc1-2. The molecule has 0 aliphatic carbocycles. The fourth-order valence-corrected chi connectivity index (χ4v) is 3.25. The van der Waals surface area contributed by atoms with Crippen molar-refractivity contribution in [2.75, 3.05) is 24.2 Å². The van der Waals surface area contributed by atoms with Crippen molar-refractivity contribution in [1.29, 1.82) is 0 Å². The highest BCUT2D eigenvalue weighted by Crippen LogP contribution is 2.42. The zero-order chi connectivity index (χ0) is 20.8. The van der Waals surface area contributed by atoms with Gasteiger partial charge < -0.3 is 15.5 Å². The van der Waals surface area contributed by atoms with Gasteiger partial charge in [-0.15, -0.1) is 0 Å². The molecule has 0 bridgehead atoms. The van der Waals surface area contributed by atoms with Crippen LogP contribution in [0.3, 0.4) is 0 Å². The number of carbonyl (C=O) groups is 1. The third-order valence-corrected chi connectivity index (χ3v) is 4.31. The van der Waals surface area contributed by atoms with Crippen LogP contribution in [0.5, 0.6) is 0 Å². The predicted molar refractivity (Wildman–Crippen MR) is 99.5 cm³/mol. The maximum atomic E-state index is 12.4. The number of hydrogen-bond acceptors (Lipinski definition) is 6. The number of rotatable bonds is 3. The predicted octanol–water partition coefficient (Wildman–Crippen LogP) is 1.93. The standard InChI is InChI=1S/C18H19N7O/c1-19-18(26)13-7-20-10-21-17(13)22-14-6-4-5-12-15-11(9-25(3)23-15)8-24(2)16(12)14/h4-7,9-10H,8H2,1-3H3,(H,19,26)(H,20,21,22)/i1D3. The minimum atomic E-state index is -2.61. The summed E-state index contributed by atoms with van der Waals surface area (Å²) in [5.74, 6) is -0.561. The normalized spacial score (nSPS) is 14.5. The number of aryl methyl sites for hydroxylation is 1. The van der Waals surface area contributed by atoms with E-state index in [0.29, 0.717) is 6.54 Å². The van der Waals surface area contributed by atoms with E-state index in [1.54, 1.807) is 4.68 Å². The van der Waals surface area contributed by atoms with Gasteiger partial charge in [0.05, 0.1) is 17.1 Å². The summed E-state index contributed by atoms with van der Waals surface area (Å²) in [7, 11) is 3.86. The van der Waals surface area contributed by atoms with Gasteiger partial charge in [0.2, 0.25) is 0 Å². The van der Waals surface area contributed by atoms with E-state index in [4.69, 9.17) is 4.11 Å². The molecule has 0 radical (unpaired) electrons. The Morgan fingerprint density at radius 2 is 2.23 bits per heavy atom. The van der Waals surface area contributed by atoms with Gasteiger partial charge in [0.15, 0.2) is 0 Å². The van der Waals surface area contributed by atoms with E-state index in [9.17, 15) is 4.79 Å². The van der Waals surface area contributed by atoms with Crippen molar-refractivity contribution in [2.24, 2.45) is 7.05 Å². The van der Waals surface area contributed by atoms with Crippen LogP contribution >= 0.6 is 0 Å². The Kier molecular flexibility index (Phi) is 3.04. The number of fused-ring (bicyclic) bond motifs is 3. The highest BCUT2D eigenvalue weighted by molar-refractivity contribution is 6.00. The topological polar surface area (TPSA) is 88.0 Å². The molecule has 2 aromatic heterocycles. The first kappa shape index (κ1) is 12.9. The number of amides is 1. The molecular weight excluding hydrogens is 330 g/mol. The maximum absolute atomic E-state index is 12.4. The van der Waals surface area contributed by atoms with E-state index >= 15 is 0 Å². The van der Waals surface area contributed by atoms with Crippen molar-refractivity contribution in [2.45, 2.75) is 6.54 Å². The summed E-state index contributed by atoms with van der Waals surface area (Å²) >= 11 is 0. The summed E-state index contributed by atoms with van der Waals surface area (Å²) in [5.41, 5.74) is 4.68. The van der Waals surface area contributed by atoms with Gasteiger partial charge in [-0.05, 0) is 6.07 Å². The average molecular weight is 352 g/mol. The molecular formula is C18H19N7O. The molecule has 1 aromatic carbocycles. The van der Waals surface area contributed by atoms with Crippen LogP contribution < -0.4 is 15.5 Å². The third kappa shape index (κ3) is 2.55. The quantitative estimate of drug-likeness (QED) is 0.749. The minimum absolute atomic E-state index is 0.0400. The van der Waals surface area contributed by atoms with Crippen LogP contribution in [0.1, 0.15) is 20.0 Å². The summed E-state index contributed by atoms with van der Waals surface area (Å²) in [6.07, 6.45) is 4.58. The second-order valence-corrected chi connectivity index (χ2v) is 6.10. The first-order valence-electron chi connectivity index (χ1n) is 9.49. The molecule has 1 aliphatic heterocycles. The first-order valence-corrected chi connectivity index (χ1v) is 7.99. The van der Waals surface area contributed by atoms with Crippen LogP contribution in [0, 0.1) is 0 Å². The molecule has 3 aromatic rings. The van der Waals surface area contributed by atoms with E-state index in [0.717, 1.165) is 28.2 Å². The molecule has 0 atom stereocenters. The first-order chi connectivity index (χ1) is 13.7. The zero-order valence-corrected chi connectivity index (χ0v) is 14.3. The van der Waals surface area contributed by atoms with Gasteiger partial charge in [0.25, 0.3) is 5.91 Å². The van der Waals surface area contributed by atoms with Crippen LogP contribution in [-0.4, -0.2) is 39.7 Å². The number of para-hydroxylation sites is 1. The number of benzene rings is 1. The number of nitrogens with one attached hydrogen (secondary N) is 2. The highest BCUT2D eigenvalue weighted by Gasteiger charge is 2.25. The highest BCUT2D eigenvalue weighted by atomic mass is 16.1. The molecule has 26 heavy (non-hydrogen) atoms. The number of nitrogens with zero attached hydrogens (tertiary/aromatic N) is 5. The van der Waals surface area contributed by atoms with Crippen LogP contribution in [-0.2, 0) is 13.6 Å². The summed E-state index contributed by atoms with van der Waals surface area (Å²) in [6.45, 7) is -1.92. The Hall–Kier alpha value is -3.42. The third-order valence-electron chi connectivity index (χ3n) is 4.31. The monoisotopic (exact) mass is 352 g/mol. The van der Waals surface area contributed by atoms with Crippen molar-refractivity contribution in [3.63, 3.8) is 0 Å². The molecule has 3 heterocycles.